The van der Waals surface area contributed by atoms with Crippen LogP contribution in [0.4, 0.5) is 0 Å². The number of phosphoric ester groups is 1. The molecule has 0 radical (unpaired) electrons. The molecule has 0 fully saturated rings. The lowest BCUT2D eigenvalue weighted by molar-refractivity contribution is -0.870. The van der Waals surface area contributed by atoms with Gasteiger partial charge in [0, 0.05) is 13.0 Å². The van der Waals surface area contributed by atoms with Crippen molar-refractivity contribution in [2.75, 3.05) is 54.1 Å². The van der Waals surface area contributed by atoms with Crippen molar-refractivity contribution in [2.45, 2.75) is 155 Å². The van der Waals surface area contributed by atoms with E-state index in [1.165, 1.54) is 57.8 Å². The number of hydrogen-bond donors (Lipinski definition) is 0. The van der Waals surface area contributed by atoms with E-state index < -0.39 is 13.9 Å². The third-order valence-electron chi connectivity index (χ3n) is 7.89. The number of unbranched alkanes of at least 4 members (excludes halogenated alkanes) is 15. The Labute approximate surface area is 295 Å². The van der Waals surface area contributed by atoms with Gasteiger partial charge in [-0.2, -0.15) is 0 Å². The van der Waals surface area contributed by atoms with Gasteiger partial charge in [-0.1, -0.05) is 115 Å². The van der Waals surface area contributed by atoms with Crippen LogP contribution < -0.4 is 4.89 Å². The molecule has 2 atom stereocenters. The predicted octanol–water partition coefficient (Wildman–Crippen LogP) is 10.0. The Morgan fingerprint density at radius 1 is 0.646 bits per heavy atom. The van der Waals surface area contributed by atoms with Gasteiger partial charge in [0.05, 0.1) is 34.4 Å². The summed E-state index contributed by atoms with van der Waals surface area (Å²) < 4.78 is 34.4. The Hall–Kier alpha value is -1.28. The van der Waals surface area contributed by atoms with Crippen molar-refractivity contribution in [3.05, 3.63) is 36.5 Å². The molecule has 0 aromatic rings. The second kappa shape index (κ2) is 32.9. The summed E-state index contributed by atoms with van der Waals surface area (Å²) in [5.74, 6) is -0.352. The van der Waals surface area contributed by atoms with Crippen LogP contribution in [0.25, 0.3) is 0 Å². The van der Waals surface area contributed by atoms with Gasteiger partial charge >= 0.3 is 5.97 Å². The SMILES string of the molecule is CCC/C=C\CCCCCCCC(=O)OC(COCCCCCCCC/C=C\C/C=C\CCCCC)COP(=O)([O-])OCC[N+](C)(C)C. The number of rotatable bonds is 35. The molecule has 0 aliphatic carbocycles. The zero-order valence-corrected chi connectivity index (χ0v) is 32.6. The van der Waals surface area contributed by atoms with E-state index in [9.17, 15) is 14.3 Å². The highest BCUT2D eigenvalue weighted by atomic mass is 31.2. The molecule has 0 rings (SSSR count). The fourth-order valence-corrected chi connectivity index (χ4v) is 5.60. The van der Waals surface area contributed by atoms with E-state index in [1.54, 1.807) is 0 Å². The number of carbonyl (C=O) groups excluding carboxylic acids is 1. The summed E-state index contributed by atoms with van der Waals surface area (Å²) in [4.78, 5) is 24.9. The number of quaternary nitrogens is 1. The van der Waals surface area contributed by atoms with Gasteiger partial charge in [0.15, 0.2) is 0 Å². The minimum absolute atomic E-state index is 0.0216. The van der Waals surface area contributed by atoms with Crippen LogP contribution in [0, 0.1) is 0 Å². The molecule has 0 N–H and O–H groups in total. The van der Waals surface area contributed by atoms with Crippen LogP contribution in [0.5, 0.6) is 0 Å². The number of carbonyl (C=O) groups is 1. The highest BCUT2D eigenvalue weighted by Crippen LogP contribution is 2.38. The minimum Gasteiger partial charge on any atom is -0.756 e. The Kier molecular flexibility index (Phi) is 32.0. The molecule has 0 aromatic heterocycles. The lowest BCUT2D eigenvalue weighted by Crippen LogP contribution is -2.37. The van der Waals surface area contributed by atoms with Crippen LogP contribution in [0.3, 0.4) is 0 Å². The molecular weight excluding hydrogens is 625 g/mol. The third-order valence-corrected chi connectivity index (χ3v) is 8.86. The largest absolute Gasteiger partial charge is 0.756 e. The smallest absolute Gasteiger partial charge is 0.306 e. The normalized spacial score (nSPS) is 14.4. The number of esters is 1. The van der Waals surface area contributed by atoms with E-state index in [0.29, 0.717) is 24.1 Å². The number of phosphoric acid groups is 1. The van der Waals surface area contributed by atoms with Gasteiger partial charge in [-0.05, 0) is 64.2 Å². The molecule has 8 nitrogen and oxygen atoms in total. The summed E-state index contributed by atoms with van der Waals surface area (Å²) in [6, 6.07) is 0. The first-order valence-electron chi connectivity index (χ1n) is 19.2. The highest BCUT2D eigenvalue weighted by molar-refractivity contribution is 7.45. The molecule has 0 spiro atoms. The van der Waals surface area contributed by atoms with Crippen LogP contribution in [0.2, 0.25) is 0 Å². The Morgan fingerprint density at radius 3 is 1.79 bits per heavy atom. The number of ether oxygens (including phenoxy) is 2. The van der Waals surface area contributed by atoms with E-state index in [-0.39, 0.29) is 25.8 Å². The monoisotopic (exact) mass is 700 g/mol. The molecule has 48 heavy (non-hydrogen) atoms. The van der Waals surface area contributed by atoms with Gasteiger partial charge in [-0.25, -0.2) is 0 Å². The Morgan fingerprint density at radius 2 is 1.19 bits per heavy atom. The summed E-state index contributed by atoms with van der Waals surface area (Å²) in [5, 5.41) is 0. The lowest BCUT2D eigenvalue weighted by atomic mass is 10.1. The molecule has 0 aliphatic rings. The molecule has 0 saturated heterocycles. The maximum atomic E-state index is 12.6. The minimum atomic E-state index is -4.52. The van der Waals surface area contributed by atoms with E-state index in [0.717, 1.165) is 70.6 Å². The average molecular weight is 700 g/mol. The molecule has 0 aromatic carbocycles. The van der Waals surface area contributed by atoms with Gasteiger partial charge in [0.25, 0.3) is 7.82 Å². The van der Waals surface area contributed by atoms with Crippen molar-refractivity contribution >= 4 is 13.8 Å². The topological polar surface area (TPSA) is 94.1 Å². The fourth-order valence-electron chi connectivity index (χ4n) is 4.87. The summed E-state index contributed by atoms with van der Waals surface area (Å²) in [6.45, 7) is 5.27. The lowest BCUT2D eigenvalue weighted by Gasteiger charge is -2.28. The van der Waals surface area contributed by atoms with Crippen molar-refractivity contribution in [1.29, 1.82) is 0 Å². The van der Waals surface area contributed by atoms with Crippen LogP contribution in [-0.4, -0.2) is 70.7 Å². The molecule has 282 valence electrons. The molecule has 2 unspecified atom stereocenters. The maximum absolute atomic E-state index is 12.6. The summed E-state index contributed by atoms with van der Waals surface area (Å²) in [6.07, 6.45) is 35.8. The fraction of sp³-hybridized carbons (Fsp3) is 0.821. The molecule has 0 amide bonds. The standard InChI is InChI=1S/C39H74NO7P/c1-6-8-10-12-14-16-18-19-20-21-22-23-25-27-29-31-34-44-36-38(37-46-48(42,43)45-35-33-40(3,4)5)47-39(41)32-30-28-26-24-17-15-13-11-9-7-2/h11,13-14,16,19-20,38H,6-10,12,15,17-18,21-37H2,1-5H3/b13-11-,16-14-,20-19-. The number of likely N-dealkylation sites (N-methyl/N-ethyl adjacent to an activating group) is 1. The van der Waals surface area contributed by atoms with E-state index in [2.05, 4.69) is 50.3 Å². The molecule has 0 aliphatic heterocycles. The number of nitrogens with zero attached hydrogens (tertiary/aromatic N) is 1. The first-order valence-corrected chi connectivity index (χ1v) is 20.7. The van der Waals surface area contributed by atoms with Crippen LogP contribution in [0.15, 0.2) is 36.5 Å². The molecular formula is C39H74NO7P. The van der Waals surface area contributed by atoms with Crippen LogP contribution >= 0.6 is 7.82 Å². The third kappa shape index (κ3) is 36.0. The highest BCUT2D eigenvalue weighted by Gasteiger charge is 2.20. The van der Waals surface area contributed by atoms with Crippen molar-refractivity contribution in [3.8, 4) is 0 Å². The summed E-state index contributed by atoms with van der Waals surface area (Å²) in [5.41, 5.74) is 0. The average Bonchev–Trinajstić information content (AvgIpc) is 3.03. The second-order valence-electron chi connectivity index (χ2n) is 13.9. The van der Waals surface area contributed by atoms with E-state index in [4.69, 9.17) is 18.5 Å². The van der Waals surface area contributed by atoms with Crippen LogP contribution in [-0.2, 0) is 27.9 Å². The molecule has 0 saturated carbocycles. The molecule has 0 heterocycles. The summed E-state index contributed by atoms with van der Waals surface area (Å²) in [7, 11) is 1.34. The van der Waals surface area contributed by atoms with Crippen molar-refractivity contribution < 1.29 is 37.3 Å². The first-order chi connectivity index (χ1) is 23.1. The Balaban J connectivity index is 4.30. The van der Waals surface area contributed by atoms with E-state index >= 15 is 0 Å². The number of hydrogen-bond acceptors (Lipinski definition) is 7. The maximum Gasteiger partial charge on any atom is 0.306 e. The molecule has 0 bridgehead atoms. The zero-order chi connectivity index (χ0) is 35.6. The van der Waals surface area contributed by atoms with Gasteiger partial charge in [0.2, 0.25) is 0 Å². The summed E-state index contributed by atoms with van der Waals surface area (Å²) >= 11 is 0. The van der Waals surface area contributed by atoms with Gasteiger partial charge in [0.1, 0.15) is 19.3 Å². The first kappa shape index (κ1) is 46.7. The second-order valence-corrected chi connectivity index (χ2v) is 15.3. The van der Waals surface area contributed by atoms with Crippen molar-refractivity contribution in [1.82, 2.24) is 0 Å². The van der Waals surface area contributed by atoms with E-state index in [1.807, 2.05) is 21.1 Å². The Bertz CT molecular complexity index is 869. The molecule has 9 heteroatoms. The van der Waals surface area contributed by atoms with Gasteiger partial charge in [-0.15, -0.1) is 0 Å². The van der Waals surface area contributed by atoms with Crippen LogP contribution in [0.1, 0.15) is 149 Å². The van der Waals surface area contributed by atoms with Crippen molar-refractivity contribution in [3.63, 3.8) is 0 Å². The zero-order valence-electron chi connectivity index (χ0n) is 31.7. The van der Waals surface area contributed by atoms with Crippen molar-refractivity contribution in [2.24, 2.45) is 0 Å². The predicted molar refractivity (Wildman–Crippen MR) is 199 cm³/mol. The van der Waals surface area contributed by atoms with Gasteiger partial charge in [-0.3, -0.25) is 9.36 Å². The number of allylic oxidation sites excluding steroid dienone is 6. The van der Waals surface area contributed by atoms with Gasteiger partial charge < -0.3 is 27.9 Å². The quantitative estimate of drug-likeness (QED) is 0.0214.